The molecule has 0 aromatic heterocycles. The van der Waals surface area contributed by atoms with Crippen molar-refractivity contribution in [3.05, 3.63) is 30.3 Å². The second kappa shape index (κ2) is 4.61. The van der Waals surface area contributed by atoms with Crippen LogP contribution in [0.15, 0.2) is 30.3 Å². The molecule has 0 aliphatic heterocycles. The number of hydrogen-bond acceptors (Lipinski definition) is 0. The molecule has 4 heteroatoms. The highest BCUT2D eigenvalue weighted by Crippen LogP contribution is 2.23. The van der Waals surface area contributed by atoms with Crippen molar-refractivity contribution in [2.24, 2.45) is 0 Å². The van der Waals surface area contributed by atoms with Gasteiger partial charge in [-0.2, -0.15) is 13.2 Å². The van der Waals surface area contributed by atoms with Gasteiger partial charge < -0.3 is 0 Å². The molecule has 1 aromatic rings. The molecule has 0 aliphatic rings. The van der Waals surface area contributed by atoms with Gasteiger partial charge in [-0.3, -0.25) is 0 Å². The molecule has 1 rings (SSSR count). The van der Waals surface area contributed by atoms with Crippen LogP contribution in [-0.4, -0.2) is 12.3 Å². The van der Waals surface area contributed by atoms with E-state index in [1.807, 2.05) is 30.3 Å². The Bertz CT molecular complexity index is 243. The van der Waals surface area contributed by atoms with Gasteiger partial charge in [0.05, 0.1) is 0 Å². The van der Waals surface area contributed by atoms with E-state index in [0.717, 1.165) is 5.30 Å². The van der Waals surface area contributed by atoms with Crippen molar-refractivity contribution >= 4 is 13.9 Å². The molecule has 0 saturated carbocycles. The van der Waals surface area contributed by atoms with E-state index in [-0.39, 0.29) is 14.7 Å². The topological polar surface area (TPSA) is 0 Å². The Morgan fingerprint density at radius 3 is 2.23 bits per heavy atom. The number of hydrogen-bond donors (Lipinski definition) is 0. The highest BCUT2D eigenvalue weighted by Gasteiger charge is 2.25. The minimum atomic E-state index is -4.01. The predicted molar refractivity (Wildman–Crippen MR) is 49.9 cm³/mol. The molecule has 0 fully saturated rings. The fourth-order valence-electron chi connectivity index (χ4n) is 0.905. The van der Waals surface area contributed by atoms with Gasteiger partial charge in [-0.15, -0.1) is 0 Å². The normalized spacial score (nSPS) is 12.5. The van der Waals surface area contributed by atoms with Gasteiger partial charge in [0, 0.05) is 6.42 Å². The van der Waals surface area contributed by atoms with Crippen LogP contribution >= 0.6 is 8.58 Å². The van der Waals surface area contributed by atoms with Crippen molar-refractivity contribution in [2.45, 2.75) is 12.6 Å². The molecule has 0 aliphatic carbocycles. The zero-order chi connectivity index (χ0) is 9.73. The van der Waals surface area contributed by atoms with Crippen LogP contribution in [0.5, 0.6) is 0 Å². The predicted octanol–water partition coefficient (Wildman–Crippen LogP) is 2.94. The first kappa shape index (κ1) is 10.5. The van der Waals surface area contributed by atoms with Crippen LogP contribution in [0.1, 0.15) is 6.42 Å². The Labute approximate surface area is 76.9 Å². The molecule has 1 aromatic carbocycles. The highest BCUT2D eigenvalue weighted by molar-refractivity contribution is 7.47. The lowest BCUT2D eigenvalue weighted by molar-refractivity contribution is -0.129. The molecular weight excluding hydrogens is 196 g/mol. The minimum Gasteiger partial charge on any atom is -0.171 e. The molecule has 0 nitrogen and oxygen atoms in total. The highest BCUT2D eigenvalue weighted by atomic mass is 31.1. The smallest absolute Gasteiger partial charge is 0.171 e. The lowest BCUT2D eigenvalue weighted by atomic mass is 10.4. The summed E-state index contributed by atoms with van der Waals surface area (Å²) in [6, 6.07) is 9.26. The average molecular weight is 206 g/mol. The lowest BCUT2D eigenvalue weighted by Gasteiger charge is -2.05. The van der Waals surface area contributed by atoms with Gasteiger partial charge in [0.25, 0.3) is 0 Å². The summed E-state index contributed by atoms with van der Waals surface area (Å²) >= 11 is 0. The van der Waals surface area contributed by atoms with Gasteiger partial charge in [-0.25, -0.2) is 0 Å². The quantitative estimate of drug-likeness (QED) is 0.667. The van der Waals surface area contributed by atoms with Gasteiger partial charge in [0.1, 0.15) is 0 Å². The summed E-state index contributed by atoms with van der Waals surface area (Å²) in [7, 11) is 0.258. The van der Waals surface area contributed by atoms with Crippen LogP contribution in [0.4, 0.5) is 13.2 Å². The van der Waals surface area contributed by atoms with Gasteiger partial charge in [-0.1, -0.05) is 38.9 Å². The molecule has 0 bridgehead atoms. The van der Waals surface area contributed by atoms with Gasteiger partial charge in [0.2, 0.25) is 0 Å². The Balaban J connectivity index is 2.29. The number of alkyl halides is 3. The number of rotatable bonds is 3. The zero-order valence-corrected chi connectivity index (χ0v) is 7.93. The molecule has 0 spiro atoms. The number of benzene rings is 1. The fourth-order valence-corrected chi connectivity index (χ4v) is 2.03. The Morgan fingerprint density at radius 1 is 1.08 bits per heavy atom. The Kier molecular flexibility index (Phi) is 3.73. The molecular formula is C9H10F3P. The maximum Gasteiger partial charge on any atom is 0.389 e. The fraction of sp³-hybridized carbons (Fsp3) is 0.333. The average Bonchev–Trinajstić information content (AvgIpc) is 2.04. The van der Waals surface area contributed by atoms with Gasteiger partial charge in [0.15, 0.2) is 0 Å². The van der Waals surface area contributed by atoms with Crippen molar-refractivity contribution in [3.63, 3.8) is 0 Å². The van der Waals surface area contributed by atoms with E-state index in [2.05, 4.69) is 0 Å². The Hall–Kier alpha value is -0.560. The van der Waals surface area contributed by atoms with Crippen molar-refractivity contribution in [3.8, 4) is 0 Å². The third kappa shape index (κ3) is 4.89. The Morgan fingerprint density at radius 2 is 1.69 bits per heavy atom. The van der Waals surface area contributed by atoms with Crippen LogP contribution in [0.25, 0.3) is 0 Å². The molecule has 1 atom stereocenters. The van der Waals surface area contributed by atoms with Gasteiger partial charge in [-0.05, 0) is 11.5 Å². The second-order valence-electron chi connectivity index (χ2n) is 2.66. The monoisotopic (exact) mass is 206 g/mol. The zero-order valence-electron chi connectivity index (χ0n) is 6.93. The van der Waals surface area contributed by atoms with E-state index >= 15 is 0 Å². The maximum atomic E-state index is 11.8. The van der Waals surface area contributed by atoms with Gasteiger partial charge >= 0.3 is 6.18 Å². The molecule has 0 heterocycles. The van der Waals surface area contributed by atoms with E-state index in [4.69, 9.17) is 0 Å². The molecule has 0 saturated heterocycles. The first-order chi connectivity index (χ1) is 6.08. The first-order valence-electron chi connectivity index (χ1n) is 3.93. The van der Waals surface area contributed by atoms with Crippen LogP contribution in [0, 0.1) is 0 Å². The molecule has 0 N–H and O–H groups in total. The van der Waals surface area contributed by atoms with Crippen molar-refractivity contribution in [1.82, 2.24) is 0 Å². The molecule has 72 valence electrons. The second-order valence-corrected chi connectivity index (χ2v) is 4.09. The van der Waals surface area contributed by atoms with Crippen molar-refractivity contribution in [2.75, 3.05) is 6.16 Å². The van der Waals surface area contributed by atoms with E-state index in [0.29, 0.717) is 0 Å². The van der Waals surface area contributed by atoms with E-state index in [1.54, 1.807) is 0 Å². The SMILES string of the molecule is FC(F)(F)CCPc1ccccc1. The summed E-state index contributed by atoms with van der Waals surface area (Å²) in [5.74, 6) is 0. The number of halogens is 3. The van der Waals surface area contributed by atoms with Crippen LogP contribution < -0.4 is 5.30 Å². The maximum absolute atomic E-state index is 11.8. The summed E-state index contributed by atoms with van der Waals surface area (Å²) in [6.45, 7) is 0. The molecule has 0 radical (unpaired) electrons. The van der Waals surface area contributed by atoms with Crippen molar-refractivity contribution in [1.29, 1.82) is 0 Å². The van der Waals surface area contributed by atoms with Crippen LogP contribution in [0.3, 0.4) is 0 Å². The van der Waals surface area contributed by atoms with Crippen LogP contribution in [-0.2, 0) is 0 Å². The largest absolute Gasteiger partial charge is 0.389 e. The third-order valence-corrected chi connectivity index (χ3v) is 2.75. The summed E-state index contributed by atoms with van der Waals surface area (Å²) in [5.41, 5.74) is 0. The van der Waals surface area contributed by atoms with E-state index < -0.39 is 12.6 Å². The summed E-state index contributed by atoms with van der Waals surface area (Å²) < 4.78 is 35.3. The molecule has 13 heavy (non-hydrogen) atoms. The minimum absolute atomic E-state index is 0.202. The summed E-state index contributed by atoms with van der Waals surface area (Å²) in [6.07, 6.45) is -4.49. The van der Waals surface area contributed by atoms with Crippen LogP contribution in [0.2, 0.25) is 0 Å². The first-order valence-corrected chi connectivity index (χ1v) is 5.14. The summed E-state index contributed by atoms with van der Waals surface area (Å²) in [5, 5.41) is 0.992. The van der Waals surface area contributed by atoms with Crippen molar-refractivity contribution < 1.29 is 13.2 Å². The molecule has 1 unspecified atom stereocenters. The molecule has 0 amide bonds. The van der Waals surface area contributed by atoms with E-state index in [1.165, 1.54) is 0 Å². The van der Waals surface area contributed by atoms with E-state index in [9.17, 15) is 13.2 Å². The third-order valence-electron chi connectivity index (χ3n) is 1.51. The summed E-state index contributed by atoms with van der Waals surface area (Å²) in [4.78, 5) is 0. The lowest BCUT2D eigenvalue weighted by Crippen LogP contribution is -2.08. The standard InChI is InChI=1S/C9H10F3P/c10-9(11,12)6-7-13-8-4-2-1-3-5-8/h1-5,13H,6-7H2.